The summed E-state index contributed by atoms with van der Waals surface area (Å²) < 4.78 is 27.2. The van der Waals surface area contributed by atoms with Crippen LogP contribution in [0.25, 0.3) is 0 Å². The topological polar surface area (TPSA) is 69.7 Å². The zero-order chi connectivity index (χ0) is 18.7. The molecule has 0 aliphatic carbocycles. The number of hydrogen-bond acceptors (Lipinski definition) is 4. The van der Waals surface area contributed by atoms with E-state index in [1.54, 1.807) is 12.1 Å². The van der Waals surface area contributed by atoms with Gasteiger partial charge in [0.2, 0.25) is 15.9 Å². The lowest BCUT2D eigenvalue weighted by Gasteiger charge is -2.35. The molecule has 3 rings (SSSR count). The van der Waals surface area contributed by atoms with Gasteiger partial charge in [-0.25, -0.2) is 8.42 Å². The van der Waals surface area contributed by atoms with Crippen molar-refractivity contribution >= 4 is 27.3 Å². The van der Waals surface area contributed by atoms with Crippen molar-refractivity contribution in [1.29, 1.82) is 0 Å². The maximum atomic E-state index is 12.8. The summed E-state index contributed by atoms with van der Waals surface area (Å²) in [4.78, 5) is 13.5. The zero-order valence-corrected chi connectivity index (χ0v) is 15.8. The van der Waals surface area contributed by atoms with Gasteiger partial charge >= 0.3 is 0 Å². The number of piperazine rings is 1. The Morgan fingerprint density at radius 3 is 2.23 bits per heavy atom. The molecule has 1 aliphatic heterocycles. The molecule has 1 amide bonds. The summed E-state index contributed by atoms with van der Waals surface area (Å²) >= 11 is 0. The molecule has 0 radical (unpaired) electrons. The SMILES string of the molecule is CC(=O)Nc1ccc(S(=O)(=O)N2CCN(c3cccc(C)c3)CC2)cc1. The molecule has 0 unspecified atom stereocenters. The van der Waals surface area contributed by atoms with Gasteiger partial charge in [-0.1, -0.05) is 12.1 Å². The summed E-state index contributed by atoms with van der Waals surface area (Å²) in [6, 6.07) is 14.5. The molecular weight excluding hydrogens is 350 g/mol. The number of nitrogens with zero attached hydrogens (tertiary/aromatic N) is 2. The highest BCUT2D eigenvalue weighted by atomic mass is 32.2. The van der Waals surface area contributed by atoms with Crippen LogP contribution in [-0.2, 0) is 14.8 Å². The van der Waals surface area contributed by atoms with Gasteiger partial charge in [-0.3, -0.25) is 4.79 Å². The van der Waals surface area contributed by atoms with Gasteiger partial charge < -0.3 is 10.2 Å². The third kappa shape index (κ3) is 4.05. The van der Waals surface area contributed by atoms with E-state index in [1.807, 2.05) is 6.07 Å². The van der Waals surface area contributed by atoms with Crippen LogP contribution in [0.2, 0.25) is 0 Å². The smallest absolute Gasteiger partial charge is 0.243 e. The van der Waals surface area contributed by atoms with E-state index in [1.165, 1.54) is 28.9 Å². The lowest BCUT2D eigenvalue weighted by atomic mass is 10.2. The standard InChI is InChI=1S/C19H23N3O3S/c1-15-4-3-5-18(14-15)21-10-12-22(13-11-21)26(24,25)19-8-6-17(7-9-19)20-16(2)23/h3-9,14H,10-13H2,1-2H3,(H,20,23). The van der Waals surface area contributed by atoms with Gasteiger partial charge in [0.1, 0.15) is 0 Å². The van der Waals surface area contributed by atoms with Crippen LogP contribution in [-0.4, -0.2) is 44.8 Å². The fourth-order valence-electron chi connectivity index (χ4n) is 3.07. The van der Waals surface area contributed by atoms with Crippen molar-refractivity contribution in [3.8, 4) is 0 Å². The fraction of sp³-hybridized carbons (Fsp3) is 0.316. The van der Waals surface area contributed by atoms with Crippen LogP contribution < -0.4 is 10.2 Å². The fourth-order valence-corrected chi connectivity index (χ4v) is 4.50. The molecule has 2 aromatic carbocycles. The second-order valence-electron chi connectivity index (χ2n) is 6.44. The Kier molecular flexibility index (Phi) is 5.29. The molecule has 1 saturated heterocycles. The molecule has 0 spiro atoms. The Bertz CT molecular complexity index is 887. The average molecular weight is 373 g/mol. The monoisotopic (exact) mass is 373 g/mol. The number of nitrogens with one attached hydrogen (secondary N) is 1. The first-order valence-electron chi connectivity index (χ1n) is 8.56. The number of sulfonamides is 1. The van der Waals surface area contributed by atoms with E-state index in [2.05, 4.69) is 35.3 Å². The minimum absolute atomic E-state index is 0.187. The van der Waals surface area contributed by atoms with Crippen molar-refractivity contribution in [3.05, 3.63) is 54.1 Å². The van der Waals surface area contributed by atoms with Crippen molar-refractivity contribution in [2.45, 2.75) is 18.7 Å². The van der Waals surface area contributed by atoms with E-state index >= 15 is 0 Å². The van der Waals surface area contributed by atoms with Crippen molar-refractivity contribution in [2.75, 3.05) is 36.4 Å². The van der Waals surface area contributed by atoms with Crippen LogP contribution in [0, 0.1) is 6.92 Å². The molecule has 1 N–H and O–H groups in total. The molecule has 0 bridgehead atoms. The second-order valence-corrected chi connectivity index (χ2v) is 8.37. The lowest BCUT2D eigenvalue weighted by Crippen LogP contribution is -2.48. The maximum absolute atomic E-state index is 12.8. The highest BCUT2D eigenvalue weighted by molar-refractivity contribution is 7.89. The average Bonchev–Trinajstić information content (AvgIpc) is 2.62. The van der Waals surface area contributed by atoms with Crippen LogP contribution in [0.5, 0.6) is 0 Å². The summed E-state index contributed by atoms with van der Waals surface area (Å²) in [5.41, 5.74) is 2.90. The first-order chi connectivity index (χ1) is 12.4. The third-order valence-electron chi connectivity index (χ3n) is 4.42. The molecule has 0 atom stereocenters. The minimum Gasteiger partial charge on any atom is -0.369 e. The second kappa shape index (κ2) is 7.47. The summed E-state index contributed by atoms with van der Waals surface area (Å²) in [5.74, 6) is -0.187. The number of benzene rings is 2. The van der Waals surface area contributed by atoms with Crippen molar-refractivity contribution in [1.82, 2.24) is 4.31 Å². The summed E-state index contributed by atoms with van der Waals surface area (Å²) in [6.45, 7) is 5.68. The third-order valence-corrected chi connectivity index (χ3v) is 6.33. The predicted octanol–water partition coefficient (Wildman–Crippen LogP) is 2.46. The summed E-state index contributed by atoms with van der Waals surface area (Å²) in [5, 5.41) is 2.64. The molecule has 7 heteroatoms. The molecule has 138 valence electrons. The number of rotatable bonds is 4. The number of hydrogen-bond donors (Lipinski definition) is 1. The summed E-state index contributed by atoms with van der Waals surface area (Å²) in [7, 11) is -3.53. The van der Waals surface area contributed by atoms with Crippen molar-refractivity contribution in [3.63, 3.8) is 0 Å². The molecule has 1 fully saturated rings. The molecule has 1 aliphatic rings. The van der Waals surface area contributed by atoms with Gasteiger partial charge in [0.15, 0.2) is 0 Å². The van der Waals surface area contributed by atoms with Gasteiger partial charge in [0.05, 0.1) is 4.90 Å². The Hall–Kier alpha value is -2.38. The lowest BCUT2D eigenvalue weighted by molar-refractivity contribution is -0.114. The number of carbonyl (C=O) groups excluding carboxylic acids is 1. The zero-order valence-electron chi connectivity index (χ0n) is 15.0. The Balaban J connectivity index is 1.68. The summed E-state index contributed by atoms with van der Waals surface area (Å²) in [6.07, 6.45) is 0. The normalized spacial score (nSPS) is 15.7. The highest BCUT2D eigenvalue weighted by Crippen LogP contribution is 2.22. The van der Waals surface area contributed by atoms with E-state index < -0.39 is 10.0 Å². The molecule has 2 aromatic rings. The largest absolute Gasteiger partial charge is 0.369 e. The highest BCUT2D eigenvalue weighted by Gasteiger charge is 2.28. The van der Waals surface area contributed by atoms with E-state index in [9.17, 15) is 13.2 Å². The van der Waals surface area contributed by atoms with Gasteiger partial charge in [0.25, 0.3) is 0 Å². The van der Waals surface area contributed by atoms with Gasteiger partial charge in [-0.05, 0) is 48.9 Å². The quantitative estimate of drug-likeness (QED) is 0.894. The van der Waals surface area contributed by atoms with Gasteiger partial charge in [-0.2, -0.15) is 4.31 Å². The van der Waals surface area contributed by atoms with Crippen LogP contribution in [0.3, 0.4) is 0 Å². The van der Waals surface area contributed by atoms with Crippen LogP contribution in [0.1, 0.15) is 12.5 Å². The Morgan fingerprint density at radius 2 is 1.65 bits per heavy atom. The molecular formula is C19H23N3O3S. The Labute approximate surface area is 154 Å². The van der Waals surface area contributed by atoms with Crippen LogP contribution >= 0.6 is 0 Å². The van der Waals surface area contributed by atoms with Crippen LogP contribution in [0.4, 0.5) is 11.4 Å². The number of carbonyl (C=O) groups is 1. The van der Waals surface area contributed by atoms with Gasteiger partial charge in [0, 0.05) is 44.5 Å². The Morgan fingerprint density at radius 1 is 1.00 bits per heavy atom. The first kappa shape index (κ1) is 18.4. The molecule has 1 heterocycles. The number of anilines is 2. The minimum atomic E-state index is -3.53. The maximum Gasteiger partial charge on any atom is 0.243 e. The van der Waals surface area contributed by atoms with E-state index in [0.717, 1.165) is 5.69 Å². The number of aryl methyl sites for hydroxylation is 1. The van der Waals surface area contributed by atoms with Gasteiger partial charge in [-0.15, -0.1) is 0 Å². The van der Waals surface area contributed by atoms with Crippen molar-refractivity contribution < 1.29 is 13.2 Å². The molecule has 0 saturated carbocycles. The number of amides is 1. The predicted molar refractivity (Wildman–Crippen MR) is 103 cm³/mol. The van der Waals surface area contributed by atoms with E-state index in [0.29, 0.717) is 31.9 Å². The van der Waals surface area contributed by atoms with E-state index in [-0.39, 0.29) is 10.8 Å². The molecule has 26 heavy (non-hydrogen) atoms. The first-order valence-corrected chi connectivity index (χ1v) is 10.00. The molecule has 0 aromatic heterocycles. The van der Waals surface area contributed by atoms with E-state index in [4.69, 9.17) is 0 Å². The van der Waals surface area contributed by atoms with Crippen molar-refractivity contribution in [2.24, 2.45) is 0 Å². The molecule has 6 nitrogen and oxygen atoms in total. The van der Waals surface area contributed by atoms with Crippen LogP contribution in [0.15, 0.2) is 53.4 Å².